The molecule has 43 heavy (non-hydrogen) atoms. The molecular weight excluding hydrogens is 549 g/mol. The number of carbonyl (C=O) groups excluding carboxylic acids is 1. The summed E-state index contributed by atoms with van der Waals surface area (Å²) < 4.78 is 19.1. The van der Waals surface area contributed by atoms with Crippen LogP contribution >= 0.6 is 0 Å². The van der Waals surface area contributed by atoms with Crippen LogP contribution in [0.15, 0.2) is 42.5 Å². The van der Waals surface area contributed by atoms with Crippen LogP contribution in [0.2, 0.25) is 0 Å². The van der Waals surface area contributed by atoms with Crippen LogP contribution in [0.4, 0.5) is 14.9 Å². The van der Waals surface area contributed by atoms with Crippen molar-refractivity contribution in [3.8, 4) is 0 Å². The Morgan fingerprint density at radius 2 is 1.81 bits per heavy atom. The van der Waals surface area contributed by atoms with Gasteiger partial charge in [0.2, 0.25) is 5.91 Å². The fourth-order valence-electron chi connectivity index (χ4n) is 7.01. The minimum atomic E-state index is -0.920. The Balaban J connectivity index is 1.39. The smallest absolute Gasteiger partial charge is 0.407 e. The van der Waals surface area contributed by atoms with Crippen molar-refractivity contribution in [3.05, 3.63) is 65.0 Å². The van der Waals surface area contributed by atoms with Crippen molar-refractivity contribution in [2.24, 2.45) is 5.73 Å². The molecule has 2 aromatic carbocycles. The van der Waals surface area contributed by atoms with E-state index in [9.17, 15) is 19.1 Å². The van der Waals surface area contributed by atoms with E-state index in [0.29, 0.717) is 52.4 Å². The maximum atomic E-state index is 14.2. The fraction of sp³-hybridized carbons (Fsp3) is 0.576. The van der Waals surface area contributed by atoms with Gasteiger partial charge in [0.25, 0.3) is 0 Å². The number of halogens is 1. The molecule has 0 aliphatic carbocycles. The molecule has 0 bridgehead atoms. The zero-order chi connectivity index (χ0) is 30.7. The summed E-state index contributed by atoms with van der Waals surface area (Å²) in [4.78, 5) is 34.2. The zero-order valence-corrected chi connectivity index (χ0v) is 25.7. The third-order valence-electron chi connectivity index (χ3n) is 9.55. The van der Waals surface area contributed by atoms with Crippen molar-refractivity contribution in [1.29, 1.82) is 0 Å². The average molecular weight is 596 g/mol. The van der Waals surface area contributed by atoms with Crippen LogP contribution in [-0.2, 0) is 21.4 Å². The summed E-state index contributed by atoms with van der Waals surface area (Å²) >= 11 is 0. The molecule has 3 N–H and O–H groups in total. The molecule has 4 unspecified atom stereocenters. The van der Waals surface area contributed by atoms with E-state index in [-0.39, 0.29) is 41.8 Å². The lowest BCUT2D eigenvalue weighted by atomic mass is 9.80. The lowest BCUT2D eigenvalue weighted by Gasteiger charge is -2.47. The fourth-order valence-corrected chi connectivity index (χ4v) is 7.01. The van der Waals surface area contributed by atoms with Crippen molar-refractivity contribution in [2.75, 3.05) is 63.9 Å². The van der Waals surface area contributed by atoms with E-state index in [1.54, 1.807) is 12.1 Å². The van der Waals surface area contributed by atoms with Gasteiger partial charge in [0.05, 0.1) is 19.8 Å². The molecule has 2 aromatic rings. The molecule has 9 nitrogen and oxygen atoms in total. The average Bonchev–Trinajstić information content (AvgIpc) is 3.27. The highest BCUT2D eigenvalue weighted by Gasteiger charge is 2.43. The van der Waals surface area contributed by atoms with Crippen LogP contribution in [0.25, 0.3) is 0 Å². The van der Waals surface area contributed by atoms with Crippen LogP contribution in [0.1, 0.15) is 50.3 Å². The monoisotopic (exact) mass is 595 g/mol. The molecule has 2 amide bonds. The first kappa shape index (κ1) is 31.4. The molecule has 4 atom stereocenters. The van der Waals surface area contributed by atoms with Gasteiger partial charge in [0, 0.05) is 62.0 Å². The lowest BCUT2D eigenvalue weighted by Crippen LogP contribution is -2.64. The topological polar surface area (TPSA) is 103 Å². The van der Waals surface area contributed by atoms with Gasteiger partial charge in [-0.15, -0.1) is 0 Å². The summed E-state index contributed by atoms with van der Waals surface area (Å²) in [5, 5.41) is 9.88. The summed E-state index contributed by atoms with van der Waals surface area (Å²) in [7, 11) is 0. The highest BCUT2D eigenvalue weighted by Crippen LogP contribution is 2.44. The van der Waals surface area contributed by atoms with Gasteiger partial charge in [-0.1, -0.05) is 31.2 Å². The summed E-state index contributed by atoms with van der Waals surface area (Å²) in [6.45, 7) is 11.3. The number of hydrogen-bond donors (Lipinski definition) is 2. The maximum absolute atomic E-state index is 14.2. The van der Waals surface area contributed by atoms with Crippen LogP contribution < -0.4 is 10.6 Å². The second-order valence-corrected chi connectivity index (χ2v) is 12.9. The Bertz CT molecular complexity index is 1290. The van der Waals surface area contributed by atoms with Gasteiger partial charge in [0.1, 0.15) is 5.82 Å². The number of nitrogens with zero attached hydrogens (tertiary/aromatic N) is 4. The molecule has 2 saturated heterocycles. The number of rotatable bonds is 9. The number of carbonyl (C=O) groups is 2. The number of hydrogen-bond acceptors (Lipinski definition) is 6. The molecular formula is C33H46FN5O4. The van der Waals surface area contributed by atoms with Gasteiger partial charge in [-0.05, 0) is 74.5 Å². The molecule has 0 radical (unpaired) electrons. The van der Waals surface area contributed by atoms with Crippen LogP contribution in [0.3, 0.4) is 0 Å². The first-order chi connectivity index (χ1) is 20.6. The van der Waals surface area contributed by atoms with E-state index in [1.165, 1.54) is 17.0 Å². The number of benzene rings is 2. The summed E-state index contributed by atoms with van der Waals surface area (Å²) in [6.07, 6.45) is 1.47. The molecule has 0 aromatic heterocycles. The third-order valence-corrected chi connectivity index (χ3v) is 9.55. The Morgan fingerprint density at radius 1 is 1.07 bits per heavy atom. The van der Waals surface area contributed by atoms with E-state index in [0.717, 1.165) is 41.8 Å². The number of carboxylic acid groups (broad SMARTS) is 1. The van der Waals surface area contributed by atoms with Gasteiger partial charge in [-0.2, -0.15) is 0 Å². The summed E-state index contributed by atoms with van der Waals surface area (Å²) in [5.74, 6) is -0.238. The van der Waals surface area contributed by atoms with E-state index in [2.05, 4.69) is 41.8 Å². The van der Waals surface area contributed by atoms with Gasteiger partial charge in [-0.3, -0.25) is 14.6 Å². The molecule has 5 rings (SSSR count). The molecule has 10 heteroatoms. The zero-order valence-electron chi connectivity index (χ0n) is 25.7. The van der Waals surface area contributed by atoms with Crippen molar-refractivity contribution >= 4 is 17.7 Å². The Labute approximate surface area is 254 Å². The second-order valence-electron chi connectivity index (χ2n) is 12.9. The summed E-state index contributed by atoms with van der Waals surface area (Å²) in [5.41, 5.74) is 9.84. The first-order valence-electron chi connectivity index (χ1n) is 15.5. The Hall–Kier alpha value is -3.05. The largest absolute Gasteiger partial charge is 0.465 e. The summed E-state index contributed by atoms with van der Waals surface area (Å²) in [6, 6.07) is 12.8. The van der Waals surface area contributed by atoms with Gasteiger partial charge >= 0.3 is 6.09 Å². The predicted molar refractivity (Wildman–Crippen MR) is 165 cm³/mol. The van der Waals surface area contributed by atoms with E-state index < -0.39 is 6.09 Å². The van der Waals surface area contributed by atoms with E-state index in [4.69, 9.17) is 10.5 Å². The van der Waals surface area contributed by atoms with Crippen LogP contribution in [0.5, 0.6) is 0 Å². The highest BCUT2D eigenvalue weighted by molar-refractivity contribution is 5.97. The predicted octanol–water partition coefficient (Wildman–Crippen LogP) is 3.53. The minimum absolute atomic E-state index is 0.0210. The Morgan fingerprint density at radius 3 is 2.51 bits per heavy atom. The van der Waals surface area contributed by atoms with E-state index in [1.807, 2.05) is 11.8 Å². The molecule has 3 aliphatic rings. The number of morpholine rings is 1. The standard InChI is InChI=1S/C33H46FN5O4/c1-23-17-37(28(19-38(23)32(41)42)18-36-13-14-43-21-24(36)2)20-31(40)39-22-33(3,11-4-12-35)29-10-7-26(16-30(29)39)15-25-5-8-27(34)9-6-25/h5-10,16,23-24,28H,4,11-15,17-22,35H2,1-3H3,(H,41,42). The van der Waals surface area contributed by atoms with Gasteiger partial charge in [0.15, 0.2) is 0 Å². The highest BCUT2D eigenvalue weighted by atomic mass is 19.1. The first-order valence-corrected chi connectivity index (χ1v) is 15.5. The van der Waals surface area contributed by atoms with Crippen molar-refractivity contribution in [3.63, 3.8) is 0 Å². The molecule has 0 saturated carbocycles. The Kier molecular flexibility index (Phi) is 9.70. The number of piperazine rings is 1. The van der Waals surface area contributed by atoms with Crippen LogP contribution in [0, 0.1) is 5.82 Å². The molecule has 2 fully saturated rings. The quantitative estimate of drug-likeness (QED) is 0.457. The van der Waals surface area contributed by atoms with Crippen LogP contribution in [-0.4, -0.2) is 109 Å². The third kappa shape index (κ3) is 7.03. The maximum Gasteiger partial charge on any atom is 0.407 e. The normalized spacial score (nSPS) is 26.5. The molecule has 3 heterocycles. The molecule has 3 aliphatic heterocycles. The molecule has 234 valence electrons. The van der Waals surface area contributed by atoms with E-state index >= 15 is 0 Å². The number of ether oxygens (including phenoxy) is 1. The van der Waals surface area contributed by atoms with Crippen molar-refractivity contribution < 1.29 is 23.8 Å². The molecule has 0 spiro atoms. The van der Waals surface area contributed by atoms with Gasteiger partial charge < -0.3 is 25.4 Å². The van der Waals surface area contributed by atoms with Gasteiger partial charge in [-0.25, -0.2) is 9.18 Å². The number of nitrogens with two attached hydrogens (primary N) is 1. The second kappa shape index (κ2) is 13.3. The van der Waals surface area contributed by atoms with Crippen molar-refractivity contribution in [2.45, 2.75) is 63.6 Å². The minimum Gasteiger partial charge on any atom is -0.465 e. The lowest BCUT2D eigenvalue weighted by molar-refractivity contribution is -0.121. The number of fused-ring (bicyclic) bond motifs is 1. The number of amides is 2. The van der Waals surface area contributed by atoms with Crippen molar-refractivity contribution in [1.82, 2.24) is 14.7 Å². The SMILES string of the molecule is CC1COCCN1CC1CN(C(=O)O)C(C)CN1CC(=O)N1CC(C)(CCCN)c2ccc(Cc3ccc(F)cc3)cc21. The number of anilines is 1.